The van der Waals surface area contributed by atoms with Crippen LogP contribution in [-0.2, 0) is 4.79 Å². The lowest BCUT2D eigenvalue weighted by Crippen LogP contribution is -2.16. The number of aryl methyl sites for hydroxylation is 1. The molecule has 0 aliphatic carbocycles. The minimum absolute atomic E-state index is 0.0352. The number of amides is 1. The average molecular weight is 364 g/mol. The molecule has 0 saturated heterocycles. The molecule has 132 valence electrons. The number of anilines is 1. The van der Waals surface area contributed by atoms with Gasteiger partial charge in [0, 0.05) is 19.3 Å². The summed E-state index contributed by atoms with van der Waals surface area (Å²) in [7, 11) is 0. The molecular weight excluding hydrogens is 344 g/mol. The number of aromatic nitrogens is 1. The summed E-state index contributed by atoms with van der Waals surface area (Å²) in [5.74, 6) is -0.191. The van der Waals surface area contributed by atoms with Crippen molar-refractivity contribution in [2.24, 2.45) is 0 Å². The number of carbonyl (C=O) groups excluding carboxylic acids is 2. The first-order valence-electron chi connectivity index (χ1n) is 8.42. The lowest BCUT2D eigenvalue weighted by Gasteiger charge is -2.17. The molecule has 5 heteroatoms. The van der Waals surface area contributed by atoms with Crippen LogP contribution < -0.4 is 5.32 Å². The Kier molecular flexibility index (Phi) is 5.58. The van der Waals surface area contributed by atoms with Crippen molar-refractivity contribution in [2.45, 2.75) is 26.2 Å². The highest BCUT2D eigenvalue weighted by Crippen LogP contribution is 2.29. The predicted molar refractivity (Wildman–Crippen MR) is 105 cm³/mol. The summed E-state index contributed by atoms with van der Waals surface area (Å²) in [6.07, 6.45) is 0.308. The van der Waals surface area contributed by atoms with E-state index >= 15 is 0 Å². The second kappa shape index (κ2) is 8.06. The number of hydrogen-bond donors (Lipinski definition) is 1. The molecule has 4 nitrogen and oxygen atoms in total. The zero-order chi connectivity index (χ0) is 18.5. The highest BCUT2D eigenvalue weighted by atomic mass is 32.1. The second-order valence-corrected chi connectivity index (χ2v) is 7.12. The fourth-order valence-corrected chi connectivity index (χ4v) is 3.81. The van der Waals surface area contributed by atoms with Gasteiger partial charge in [0.2, 0.25) is 5.91 Å². The Morgan fingerprint density at radius 3 is 2.00 bits per heavy atom. The van der Waals surface area contributed by atoms with E-state index in [1.54, 1.807) is 6.92 Å². The van der Waals surface area contributed by atoms with Gasteiger partial charge in [-0.1, -0.05) is 72.0 Å². The van der Waals surface area contributed by atoms with E-state index in [0.717, 1.165) is 11.1 Å². The van der Waals surface area contributed by atoms with Gasteiger partial charge in [0.25, 0.3) is 0 Å². The summed E-state index contributed by atoms with van der Waals surface area (Å²) in [4.78, 5) is 29.1. The van der Waals surface area contributed by atoms with Crippen LogP contribution in [0.4, 0.5) is 5.13 Å². The van der Waals surface area contributed by atoms with Gasteiger partial charge >= 0.3 is 0 Å². The Labute approximate surface area is 156 Å². The molecule has 0 aliphatic heterocycles. The van der Waals surface area contributed by atoms with Crippen LogP contribution in [0.5, 0.6) is 0 Å². The molecule has 3 aromatic rings. The van der Waals surface area contributed by atoms with E-state index < -0.39 is 0 Å². The predicted octanol–water partition coefficient (Wildman–Crippen LogP) is 4.81. The summed E-state index contributed by atoms with van der Waals surface area (Å²) in [6.45, 7) is 3.28. The van der Waals surface area contributed by atoms with Gasteiger partial charge in [-0.3, -0.25) is 9.59 Å². The summed E-state index contributed by atoms with van der Waals surface area (Å²) in [5.41, 5.74) is 2.84. The maximum Gasteiger partial charge on any atom is 0.227 e. The maximum absolute atomic E-state index is 12.6. The first-order chi connectivity index (χ1) is 12.5. The highest BCUT2D eigenvalue weighted by Gasteiger charge is 2.20. The van der Waals surface area contributed by atoms with Gasteiger partial charge in [0.15, 0.2) is 10.9 Å². The van der Waals surface area contributed by atoms with Gasteiger partial charge in [0.1, 0.15) is 0 Å². The Hall–Kier alpha value is -2.79. The Morgan fingerprint density at radius 1 is 1.00 bits per heavy atom. The molecule has 1 aromatic heterocycles. The minimum atomic E-state index is -0.119. The van der Waals surface area contributed by atoms with Gasteiger partial charge in [-0.05, 0) is 18.1 Å². The number of benzene rings is 2. The number of thiazole rings is 1. The number of ketones is 1. The van der Waals surface area contributed by atoms with Gasteiger partial charge in [-0.15, -0.1) is 0 Å². The summed E-state index contributed by atoms with van der Waals surface area (Å²) < 4.78 is 0. The molecule has 1 heterocycles. The van der Waals surface area contributed by atoms with Crippen molar-refractivity contribution in [2.75, 3.05) is 5.32 Å². The van der Waals surface area contributed by atoms with E-state index in [9.17, 15) is 9.59 Å². The van der Waals surface area contributed by atoms with Gasteiger partial charge in [-0.2, -0.15) is 0 Å². The van der Waals surface area contributed by atoms with Gasteiger partial charge in [-0.25, -0.2) is 4.98 Å². The molecule has 2 aromatic carbocycles. The van der Waals surface area contributed by atoms with E-state index in [1.807, 2.05) is 60.7 Å². The van der Waals surface area contributed by atoms with Crippen molar-refractivity contribution >= 4 is 28.2 Å². The monoisotopic (exact) mass is 364 g/mol. The fraction of sp³-hybridized carbons (Fsp3) is 0.190. The van der Waals surface area contributed by atoms with E-state index in [1.165, 1.54) is 18.3 Å². The third-order valence-corrected chi connectivity index (χ3v) is 5.33. The zero-order valence-corrected chi connectivity index (χ0v) is 15.5. The molecular formula is C21H20N2O2S. The quantitative estimate of drug-likeness (QED) is 0.638. The molecule has 3 rings (SSSR count). The van der Waals surface area contributed by atoms with Crippen molar-refractivity contribution in [3.05, 3.63) is 82.4 Å². The smallest absolute Gasteiger partial charge is 0.227 e. The summed E-state index contributed by atoms with van der Waals surface area (Å²) in [6, 6.07) is 20.0. The molecule has 1 N–H and O–H groups in total. The van der Waals surface area contributed by atoms with E-state index in [4.69, 9.17) is 0 Å². The number of Topliss-reactive ketones (excluding diaryl/α,β-unsaturated/α-hetero) is 1. The van der Waals surface area contributed by atoms with Crippen molar-refractivity contribution in [1.82, 2.24) is 4.98 Å². The van der Waals surface area contributed by atoms with Crippen molar-refractivity contribution in [1.29, 1.82) is 0 Å². The van der Waals surface area contributed by atoms with Crippen molar-refractivity contribution in [3.8, 4) is 0 Å². The van der Waals surface area contributed by atoms with Crippen LogP contribution in [0, 0.1) is 6.92 Å². The molecule has 1 amide bonds. The standard InChI is InChI=1S/C21H20N2O2S/c1-14-20(15(2)24)26-21(22-14)23-19(25)13-18(16-9-5-3-6-10-16)17-11-7-4-8-12-17/h3-12,18H,13H2,1-2H3,(H,22,23,25). The number of nitrogens with zero attached hydrogens (tertiary/aromatic N) is 1. The third kappa shape index (κ3) is 4.24. The van der Waals surface area contributed by atoms with E-state index in [2.05, 4.69) is 10.3 Å². The fourth-order valence-electron chi connectivity index (χ4n) is 2.93. The van der Waals surface area contributed by atoms with E-state index in [-0.39, 0.29) is 17.6 Å². The van der Waals surface area contributed by atoms with Crippen LogP contribution in [0.2, 0.25) is 0 Å². The lowest BCUT2D eigenvalue weighted by atomic mass is 9.88. The molecule has 0 aliphatic rings. The minimum Gasteiger partial charge on any atom is -0.302 e. The van der Waals surface area contributed by atoms with Crippen LogP contribution in [0.15, 0.2) is 60.7 Å². The van der Waals surface area contributed by atoms with Crippen LogP contribution in [0.1, 0.15) is 45.8 Å². The van der Waals surface area contributed by atoms with Gasteiger partial charge < -0.3 is 5.32 Å². The molecule has 0 fully saturated rings. The zero-order valence-electron chi connectivity index (χ0n) is 14.7. The van der Waals surface area contributed by atoms with Crippen LogP contribution in [0.3, 0.4) is 0 Å². The summed E-state index contributed by atoms with van der Waals surface area (Å²) >= 11 is 1.22. The Morgan fingerprint density at radius 2 is 1.54 bits per heavy atom. The normalized spacial score (nSPS) is 10.7. The number of nitrogens with one attached hydrogen (secondary N) is 1. The van der Waals surface area contributed by atoms with Crippen LogP contribution >= 0.6 is 11.3 Å². The third-order valence-electron chi connectivity index (χ3n) is 4.16. The van der Waals surface area contributed by atoms with Crippen LogP contribution in [-0.4, -0.2) is 16.7 Å². The molecule has 0 saturated carbocycles. The first-order valence-corrected chi connectivity index (χ1v) is 9.24. The molecule has 26 heavy (non-hydrogen) atoms. The lowest BCUT2D eigenvalue weighted by molar-refractivity contribution is -0.116. The molecule has 0 spiro atoms. The first kappa shape index (κ1) is 18.0. The Bertz CT molecular complexity index is 865. The maximum atomic E-state index is 12.6. The molecule has 0 bridgehead atoms. The Balaban J connectivity index is 1.80. The van der Waals surface area contributed by atoms with Crippen molar-refractivity contribution < 1.29 is 9.59 Å². The number of rotatable bonds is 6. The van der Waals surface area contributed by atoms with E-state index in [0.29, 0.717) is 22.1 Å². The molecule has 0 atom stereocenters. The molecule has 0 unspecified atom stereocenters. The topological polar surface area (TPSA) is 59.1 Å². The van der Waals surface area contributed by atoms with Gasteiger partial charge in [0.05, 0.1) is 10.6 Å². The SMILES string of the molecule is CC(=O)c1sc(NC(=O)CC(c2ccccc2)c2ccccc2)nc1C. The largest absolute Gasteiger partial charge is 0.302 e. The number of hydrogen-bond acceptors (Lipinski definition) is 4. The van der Waals surface area contributed by atoms with Crippen LogP contribution in [0.25, 0.3) is 0 Å². The second-order valence-electron chi connectivity index (χ2n) is 6.12. The van der Waals surface area contributed by atoms with Crippen molar-refractivity contribution in [3.63, 3.8) is 0 Å². The summed E-state index contributed by atoms with van der Waals surface area (Å²) in [5, 5.41) is 3.31. The number of carbonyl (C=O) groups is 2. The average Bonchev–Trinajstić information content (AvgIpc) is 3.01. The molecule has 0 radical (unpaired) electrons. The highest BCUT2D eigenvalue weighted by molar-refractivity contribution is 7.17.